The molecule has 0 atom stereocenters. The fourth-order valence-electron chi connectivity index (χ4n) is 11.0. The second kappa shape index (κ2) is 20.4. The van der Waals surface area contributed by atoms with Crippen molar-refractivity contribution in [3.8, 4) is 112 Å². The van der Waals surface area contributed by atoms with E-state index in [0.717, 1.165) is 95.0 Å². The first-order valence-electron chi connectivity index (χ1n) is 26.8. The number of hydrogen-bond donors (Lipinski definition) is 0. The van der Waals surface area contributed by atoms with Crippen LogP contribution in [0.2, 0.25) is 0 Å². The van der Waals surface area contributed by atoms with Crippen LogP contribution in [0.3, 0.4) is 0 Å². The molecule has 3 aromatic heterocycles. The fourth-order valence-corrected chi connectivity index (χ4v) is 11.0. The lowest BCUT2D eigenvalue weighted by Crippen LogP contribution is -1.93. The van der Waals surface area contributed by atoms with Crippen LogP contribution in [0.25, 0.3) is 133 Å². The Morgan fingerprint density at radius 2 is 0.564 bits per heavy atom. The summed E-state index contributed by atoms with van der Waals surface area (Å²) in [5, 5.41) is 5.02. The summed E-state index contributed by atoms with van der Waals surface area (Å²) in [6, 6.07) is 88.7. The lowest BCUT2D eigenvalue weighted by molar-refractivity contribution is 1.22. The van der Waals surface area contributed by atoms with Gasteiger partial charge < -0.3 is 0 Å². The van der Waals surface area contributed by atoms with Crippen molar-refractivity contribution in [1.29, 1.82) is 0 Å². The zero-order valence-electron chi connectivity index (χ0n) is 44.2. The molecule has 10 aromatic carbocycles. The highest BCUT2D eigenvalue weighted by molar-refractivity contribution is 6.08. The fraction of sp³-hybridized carbons (Fsp3) is 0.0533. The van der Waals surface area contributed by atoms with Crippen molar-refractivity contribution in [3.63, 3.8) is 0 Å². The van der Waals surface area contributed by atoms with Crippen molar-refractivity contribution in [2.45, 2.75) is 27.7 Å². The monoisotopic (exact) mass is 997 g/mol. The van der Waals surface area contributed by atoms with Gasteiger partial charge in [0.2, 0.25) is 0 Å². The predicted molar refractivity (Wildman–Crippen MR) is 328 cm³/mol. The molecule has 370 valence electrons. The Bertz CT molecular complexity index is 4240. The van der Waals surface area contributed by atoms with Crippen LogP contribution >= 0.6 is 0 Å². The number of rotatable bonds is 10. The molecule has 0 aliphatic heterocycles. The Hall–Kier alpha value is -9.83. The number of aryl methyl sites for hydroxylation is 4. The first-order chi connectivity index (χ1) is 38.3. The zero-order valence-corrected chi connectivity index (χ0v) is 44.2. The van der Waals surface area contributed by atoms with E-state index < -0.39 is 0 Å². The number of benzene rings is 10. The SMILES string of the molecule is Cc1cnc(-c2ccc(-c3ccccc3-c3cc(-c4ccccc4-c4ccc(-c5cc(-c6ccc7c(ccc8ccccc87)c6)ccn5)cc4)cc(-c4ccccc4-c4ccc(-c5cc(C)c(C)cn5)cc4)c3)cc2)cc1C. The van der Waals surface area contributed by atoms with Gasteiger partial charge in [-0.15, -0.1) is 0 Å². The van der Waals surface area contributed by atoms with E-state index in [9.17, 15) is 0 Å². The van der Waals surface area contributed by atoms with E-state index >= 15 is 0 Å². The minimum atomic E-state index is 0.939. The molecular weight excluding hydrogens is 943 g/mol. The van der Waals surface area contributed by atoms with Crippen molar-refractivity contribution in [2.75, 3.05) is 0 Å². The Morgan fingerprint density at radius 3 is 1.01 bits per heavy atom. The minimum absolute atomic E-state index is 0.939. The summed E-state index contributed by atoms with van der Waals surface area (Å²) in [6.45, 7) is 8.51. The van der Waals surface area contributed by atoms with Crippen LogP contribution in [0.15, 0.2) is 261 Å². The Labute approximate surface area is 456 Å². The van der Waals surface area contributed by atoms with Crippen LogP contribution in [0, 0.1) is 27.7 Å². The number of pyridine rings is 3. The van der Waals surface area contributed by atoms with Gasteiger partial charge in [0.1, 0.15) is 0 Å². The van der Waals surface area contributed by atoms with Crippen LogP contribution < -0.4 is 0 Å². The molecule has 0 saturated heterocycles. The van der Waals surface area contributed by atoms with E-state index in [1.54, 1.807) is 0 Å². The van der Waals surface area contributed by atoms with Crippen LogP contribution in [-0.4, -0.2) is 15.0 Å². The molecule has 0 bridgehead atoms. The summed E-state index contributed by atoms with van der Waals surface area (Å²) >= 11 is 0. The van der Waals surface area contributed by atoms with E-state index in [1.165, 1.54) is 60.5 Å². The smallest absolute Gasteiger partial charge is 0.0708 e. The molecule has 0 aliphatic rings. The molecule has 13 aromatic rings. The number of hydrogen-bond acceptors (Lipinski definition) is 3. The highest BCUT2D eigenvalue weighted by Crippen LogP contribution is 2.43. The molecule has 0 amide bonds. The van der Waals surface area contributed by atoms with Gasteiger partial charge in [-0.3, -0.25) is 15.0 Å². The number of nitrogens with zero attached hydrogens (tertiary/aromatic N) is 3. The molecule has 78 heavy (non-hydrogen) atoms. The minimum Gasteiger partial charge on any atom is -0.256 e. The van der Waals surface area contributed by atoms with Crippen molar-refractivity contribution in [2.24, 2.45) is 0 Å². The standard InChI is InChI=1S/C75H55N3/c1-48-39-73(77-46-50(48)3)56-28-21-53(22-29-56)66-15-7-10-18-69(66)62-42-63(70-19-11-8-16-67(70)54-23-30-57(31-24-54)74-40-49(2)51(4)47-78-74)44-64(43-62)71-20-12-9-17-68(71)55-25-32-58(33-26-55)75-45-60(37-38-76-75)59-35-36-72-61(41-59)34-27-52-13-5-6-14-65(52)72/h5-47H,1-4H3. The largest absolute Gasteiger partial charge is 0.256 e. The van der Waals surface area contributed by atoms with Crippen molar-refractivity contribution < 1.29 is 0 Å². The van der Waals surface area contributed by atoms with Crippen LogP contribution in [-0.2, 0) is 0 Å². The van der Waals surface area contributed by atoms with Crippen molar-refractivity contribution in [3.05, 3.63) is 283 Å². The molecule has 0 N–H and O–H groups in total. The number of aromatic nitrogens is 3. The van der Waals surface area contributed by atoms with Gasteiger partial charge in [-0.2, -0.15) is 0 Å². The molecule has 0 spiro atoms. The van der Waals surface area contributed by atoms with Gasteiger partial charge >= 0.3 is 0 Å². The summed E-state index contributed by atoms with van der Waals surface area (Å²) < 4.78 is 0. The topological polar surface area (TPSA) is 38.7 Å². The quantitative estimate of drug-likeness (QED) is 0.128. The van der Waals surface area contributed by atoms with Gasteiger partial charge in [-0.25, -0.2) is 0 Å². The second-order valence-corrected chi connectivity index (χ2v) is 20.6. The second-order valence-electron chi connectivity index (χ2n) is 20.6. The molecule has 0 aliphatic carbocycles. The van der Waals surface area contributed by atoms with E-state index in [1.807, 2.05) is 18.6 Å². The highest BCUT2D eigenvalue weighted by Gasteiger charge is 2.18. The Balaban J connectivity index is 0.890. The number of fused-ring (bicyclic) bond motifs is 3. The summed E-state index contributed by atoms with van der Waals surface area (Å²) in [5.41, 5.74) is 27.2. The zero-order chi connectivity index (χ0) is 52.7. The molecule has 0 radical (unpaired) electrons. The van der Waals surface area contributed by atoms with Gasteiger partial charge in [0, 0.05) is 35.3 Å². The molecule has 0 saturated carbocycles. The van der Waals surface area contributed by atoms with Crippen LogP contribution in [0.1, 0.15) is 22.3 Å². The first-order valence-corrected chi connectivity index (χ1v) is 26.8. The third-order valence-electron chi connectivity index (χ3n) is 15.7. The summed E-state index contributed by atoms with van der Waals surface area (Å²) in [6.07, 6.45) is 5.86. The third-order valence-corrected chi connectivity index (χ3v) is 15.7. The molecular formula is C75H55N3. The average molecular weight is 998 g/mol. The van der Waals surface area contributed by atoms with Gasteiger partial charge in [0.15, 0.2) is 0 Å². The first kappa shape index (κ1) is 47.9. The molecule has 13 rings (SSSR count). The Morgan fingerprint density at radius 1 is 0.218 bits per heavy atom. The molecule has 0 unspecified atom stereocenters. The maximum atomic E-state index is 4.88. The normalized spacial score (nSPS) is 11.3. The maximum absolute atomic E-state index is 4.88. The summed E-state index contributed by atoms with van der Waals surface area (Å²) in [7, 11) is 0. The predicted octanol–water partition coefficient (Wildman–Crippen LogP) is 20.1. The lowest BCUT2D eigenvalue weighted by Gasteiger charge is -2.18. The van der Waals surface area contributed by atoms with Crippen molar-refractivity contribution >= 4 is 21.5 Å². The van der Waals surface area contributed by atoms with E-state index in [0.29, 0.717) is 0 Å². The third kappa shape index (κ3) is 9.26. The van der Waals surface area contributed by atoms with E-state index in [4.69, 9.17) is 15.0 Å². The van der Waals surface area contributed by atoms with Crippen molar-refractivity contribution in [1.82, 2.24) is 15.0 Å². The van der Waals surface area contributed by atoms with Crippen LogP contribution in [0.5, 0.6) is 0 Å². The average Bonchev–Trinajstić information content (AvgIpc) is 3.54. The molecule has 0 fully saturated rings. The highest BCUT2D eigenvalue weighted by atomic mass is 14.7. The van der Waals surface area contributed by atoms with Crippen LogP contribution in [0.4, 0.5) is 0 Å². The Kier molecular flexibility index (Phi) is 12.5. The molecule has 3 heteroatoms. The van der Waals surface area contributed by atoms with Gasteiger partial charge in [0.25, 0.3) is 0 Å². The summed E-state index contributed by atoms with van der Waals surface area (Å²) in [4.78, 5) is 14.4. The van der Waals surface area contributed by atoms with E-state index in [2.05, 4.69) is 270 Å². The van der Waals surface area contributed by atoms with Gasteiger partial charge in [-0.05, 0) is 198 Å². The molecule has 3 nitrogen and oxygen atoms in total. The van der Waals surface area contributed by atoms with Gasteiger partial charge in [-0.1, -0.05) is 194 Å². The lowest BCUT2D eigenvalue weighted by atomic mass is 9.86. The molecule has 3 heterocycles. The van der Waals surface area contributed by atoms with E-state index in [-0.39, 0.29) is 0 Å². The maximum Gasteiger partial charge on any atom is 0.0708 e. The van der Waals surface area contributed by atoms with Gasteiger partial charge in [0.05, 0.1) is 17.1 Å². The summed E-state index contributed by atoms with van der Waals surface area (Å²) in [5.74, 6) is 0.